The van der Waals surface area contributed by atoms with E-state index in [-0.39, 0.29) is 5.91 Å². The number of rotatable bonds is 8. The zero-order chi connectivity index (χ0) is 30.9. The van der Waals surface area contributed by atoms with Crippen molar-refractivity contribution in [2.45, 2.75) is 44.3 Å². The maximum absolute atomic E-state index is 14.3. The van der Waals surface area contributed by atoms with Gasteiger partial charge in [0.2, 0.25) is 11.1 Å². The molecule has 2 aromatic heterocycles. The van der Waals surface area contributed by atoms with Gasteiger partial charge in [-0.25, -0.2) is 4.68 Å². The van der Waals surface area contributed by atoms with E-state index in [4.69, 9.17) is 10.1 Å². The van der Waals surface area contributed by atoms with E-state index >= 15 is 0 Å². The van der Waals surface area contributed by atoms with Crippen LogP contribution in [0.5, 0.6) is 0 Å². The number of hydrogen-bond donors (Lipinski definition) is 2. The first kappa shape index (κ1) is 28.7. The Morgan fingerprint density at radius 2 is 1.60 bits per heavy atom. The molecule has 1 aliphatic heterocycles. The fourth-order valence-corrected chi connectivity index (χ4v) is 6.83. The summed E-state index contributed by atoms with van der Waals surface area (Å²) in [6.07, 6.45) is 2.17. The van der Waals surface area contributed by atoms with Crippen molar-refractivity contribution < 1.29 is 4.79 Å². The molecule has 0 radical (unpaired) electrons. The van der Waals surface area contributed by atoms with E-state index in [1.54, 1.807) is 11.8 Å². The zero-order valence-corrected chi connectivity index (χ0v) is 26.3. The summed E-state index contributed by atoms with van der Waals surface area (Å²) < 4.78 is 4.14. The average Bonchev–Trinajstić information content (AvgIpc) is 3.62. The molecule has 1 amide bonds. The number of aryl methyl sites for hydroxylation is 2. The van der Waals surface area contributed by atoms with Crippen LogP contribution in [-0.4, -0.2) is 25.2 Å². The van der Waals surface area contributed by atoms with Crippen molar-refractivity contribution in [3.8, 4) is 0 Å². The minimum atomic E-state index is -0.493. The van der Waals surface area contributed by atoms with Crippen LogP contribution in [0.4, 0.5) is 11.6 Å². The van der Waals surface area contributed by atoms with Crippen LogP contribution in [0, 0.1) is 13.8 Å². The highest BCUT2D eigenvalue weighted by Crippen LogP contribution is 2.40. The molecule has 4 aromatic carbocycles. The molecular formula is C37H34N6OS. The molecule has 7 rings (SSSR count). The van der Waals surface area contributed by atoms with Gasteiger partial charge in [0.15, 0.2) is 0 Å². The van der Waals surface area contributed by atoms with Crippen LogP contribution < -0.4 is 10.6 Å². The molecule has 0 bridgehead atoms. The molecule has 2 N–H and O–H groups in total. The normalized spacial score (nSPS) is 14.3. The summed E-state index contributed by atoms with van der Waals surface area (Å²) in [6.45, 7) is 6.73. The number of amides is 1. The minimum absolute atomic E-state index is 0.170. The van der Waals surface area contributed by atoms with Gasteiger partial charge in [0, 0.05) is 46.3 Å². The lowest BCUT2D eigenvalue weighted by molar-refractivity contribution is -0.113. The maximum Gasteiger partial charge on any atom is 0.255 e. The van der Waals surface area contributed by atoms with E-state index in [1.165, 1.54) is 11.1 Å². The SMILES string of the molecule is CC1=C(C(=O)Nc2ccc(C)cc2C)C(c2cn(Cc3ccccc3)c3ccccc23)n2nc(SCc3ccccc3)nc2N1. The number of benzene rings is 4. The Morgan fingerprint density at radius 1 is 0.889 bits per heavy atom. The van der Waals surface area contributed by atoms with E-state index in [0.29, 0.717) is 23.2 Å². The molecule has 0 aliphatic carbocycles. The van der Waals surface area contributed by atoms with Crippen LogP contribution in [0.2, 0.25) is 0 Å². The smallest absolute Gasteiger partial charge is 0.255 e. The number of fused-ring (bicyclic) bond motifs is 2. The highest BCUT2D eigenvalue weighted by atomic mass is 32.2. The summed E-state index contributed by atoms with van der Waals surface area (Å²) in [4.78, 5) is 19.2. The number of hydrogen-bond acceptors (Lipinski definition) is 5. The van der Waals surface area contributed by atoms with Crippen molar-refractivity contribution in [3.63, 3.8) is 0 Å². The first-order valence-corrected chi connectivity index (χ1v) is 16.0. The lowest BCUT2D eigenvalue weighted by Gasteiger charge is -2.28. The Morgan fingerprint density at radius 3 is 2.36 bits per heavy atom. The highest BCUT2D eigenvalue weighted by molar-refractivity contribution is 7.98. The predicted molar refractivity (Wildman–Crippen MR) is 183 cm³/mol. The number of allylic oxidation sites excluding steroid dienone is 1. The van der Waals surface area contributed by atoms with E-state index in [1.807, 2.05) is 54.9 Å². The van der Waals surface area contributed by atoms with Crippen molar-refractivity contribution in [1.29, 1.82) is 0 Å². The Labute approximate surface area is 267 Å². The van der Waals surface area contributed by atoms with Crippen LogP contribution in [-0.2, 0) is 17.1 Å². The standard InChI is InChI=1S/C37H34N6OS/c1-24-18-19-31(25(2)20-24)39-35(44)33-26(3)38-36-40-37(45-23-28-14-8-5-9-15-28)41-43(36)34(33)30-22-42(21-27-12-6-4-7-13-27)32-17-11-10-16-29(30)32/h4-20,22,34H,21,23H2,1-3H3,(H,39,44)(H,38,40,41). The van der Waals surface area contributed by atoms with Gasteiger partial charge < -0.3 is 15.2 Å². The third-order valence-electron chi connectivity index (χ3n) is 8.23. The fraction of sp³-hybridized carbons (Fsp3) is 0.162. The molecule has 0 spiro atoms. The van der Waals surface area contributed by atoms with Gasteiger partial charge >= 0.3 is 0 Å². The molecule has 0 saturated carbocycles. The second kappa shape index (κ2) is 12.1. The first-order chi connectivity index (χ1) is 21.9. The number of aromatic nitrogens is 4. The van der Waals surface area contributed by atoms with Crippen LogP contribution in [0.1, 0.15) is 40.8 Å². The van der Waals surface area contributed by atoms with Crippen molar-refractivity contribution in [2.24, 2.45) is 0 Å². The molecule has 45 heavy (non-hydrogen) atoms. The average molecular weight is 611 g/mol. The van der Waals surface area contributed by atoms with Gasteiger partial charge in [-0.15, -0.1) is 5.10 Å². The van der Waals surface area contributed by atoms with E-state index < -0.39 is 6.04 Å². The third-order valence-corrected chi connectivity index (χ3v) is 9.14. The number of anilines is 2. The van der Waals surface area contributed by atoms with Gasteiger partial charge in [-0.2, -0.15) is 4.98 Å². The number of nitrogens with zero attached hydrogens (tertiary/aromatic N) is 4. The van der Waals surface area contributed by atoms with E-state index in [0.717, 1.165) is 44.7 Å². The number of para-hydroxylation sites is 1. The van der Waals surface area contributed by atoms with Crippen LogP contribution in [0.15, 0.2) is 126 Å². The Hall–Kier alpha value is -5.08. The second-order valence-corrected chi connectivity index (χ2v) is 12.4. The van der Waals surface area contributed by atoms with Gasteiger partial charge in [0.1, 0.15) is 6.04 Å². The molecule has 224 valence electrons. The van der Waals surface area contributed by atoms with Gasteiger partial charge in [-0.1, -0.05) is 108 Å². The molecule has 0 saturated heterocycles. The van der Waals surface area contributed by atoms with Crippen molar-refractivity contribution in [3.05, 3.63) is 148 Å². The molecule has 1 atom stereocenters. The zero-order valence-electron chi connectivity index (χ0n) is 25.5. The molecule has 1 aliphatic rings. The first-order valence-electron chi connectivity index (χ1n) is 15.1. The number of nitrogens with one attached hydrogen (secondary N) is 2. The van der Waals surface area contributed by atoms with Gasteiger partial charge in [-0.05, 0) is 49.6 Å². The molecule has 1 unspecified atom stereocenters. The van der Waals surface area contributed by atoms with Gasteiger partial charge in [0.05, 0.1) is 5.57 Å². The topological polar surface area (TPSA) is 76.8 Å². The van der Waals surface area contributed by atoms with Crippen molar-refractivity contribution in [2.75, 3.05) is 10.6 Å². The third kappa shape index (κ3) is 5.77. The largest absolute Gasteiger partial charge is 0.343 e. The molecule has 6 aromatic rings. The number of thioether (sulfide) groups is 1. The van der Waals surface area contributed by atoms with Crippen LogP contribution in [0.25, 0.3) is 10.9 Å². The van der Waals surface area contributed by atoms with E-state index in [2.05, 4.69) is 95.1 Å². The quantitative estimate of drug-likeness (QED) is 0.170. The predicted octanol–water partition coefficient (Wildman–Crippen LogP) is 8.12. The van der Waals surface area contributed by atoms with Gasteiger partial charge in [-0.3, -0.25) is 4.79 Å². The molecular weight excluding hydrogens is 577 g/mol. The molecule has 3 heterocycles. The molecule has 8 heteroatoms. The maximum atomic E-state index is 14.3. The summed E-state index contributed by atoms with van der Waals surface area (Å²) >= 11 is 1.58. The second-order valence-electron chi connectivity index (χ2n) is 11.5. The summed E-state index contributed by atoms with van der Waals surface area (Å²) in [7, 11) is 0. The monoisotopic (exact) mass is 610 g/mol. The van der Waals surface area contributed by atoms with E-state index in [9.17, 15) is 4.79 Å². The number of carbonyl (C=O) groups is 1. The number of carbonyl (C=O) groups excluding carboxylic acids is 1. The van der Waals surface area contributed by atoms with Gasteiger partial charge in [0.25, 0.3) is 5.91 Å². The summed E-state index contributed by atoms with van der Waals surface area (Å²) in [5.41, 5.74) is 8.82. The van der Waals surface area contributed by atoms with Crippen molar-refractivity contribution >= 4 is 40.2 Å². The van der Waals surface area contributed by atoms with Crippen LogP contribution in [0.3, 0.4) is 0 Å². The lowest BCUT2D eigenvalue weighted by atomic mass is 9.94. The van der Waals surface area contributed by atoms with Crippen molar-refractivity contribution in [1.82, 2.24) is 19.3 Å². The summed E-state index contributed by atoms with van der Waals surface area (Å²) in [5.74, 6) is 1.20. The highest BCUT2D eigenvalue weighted by Gasteiger charge is 2.36. The summed E-state index contributed by atoms with van der Waals surface area (Å²) in [5, 5.41) is 13.3. The Kier molecular flexibility index (Phi) is 7.73. The fourth-order valence-electron chi connectivity index (χ4n) is 6.04. The lowest BCUT2D eigenvalue weighted by Crippen LogP contribution is -2.31. The molecule has 7 nitrogen and oxygen atoms in total. The Balaban J connectivity index is 1.33. The Bertz CT molecular complexity index is 2040. The van der Waals surface area contributed by atoms with Crippen LogP contribution >= 0.6 is 11.8 Å². The molecule has 0 fully saturated rings. The summed E-state index contributed by atoms with van der Waals surface area (Å²) in [6, 6.07) is 34.7. The minimum Gasteiger partial charge on any atom is -0.343 e.